The highest BCUT2D eigenvalue weighted by molar-refractivity contribution is 7.89. The van der Waals surface area contributed by atoms with Gasteiger partial charge in [0.05, 0.1) is 16.9 Å². The molecule has 7 nitrogen and oxygen atoms in total. The Morgan fingerprint density at radius 1 is 1.20 bits per heavy atom. The first-order valence-electron chi connectivity index (χ1n) is 8.58. The van der Waals surface area contributed by atoms with E-state index < -0.39 is 10.0 Å². The van der Waals surface area contributed by atoms with Crippen molar-refractivity contribution in [1.29, 1.82) is 0 Å². The van der Waals surface area contributed by atoms with Gasteiger partial charge >= 0.3 is 0 Å². The molecule has 0 aliphatic carbocycles. The number of imide groups is 1. The fraction of sp³-hybridized carbons (Fsp3) is 0.529. The van der Waals surface area contributed by atoms with E-state index in [0.29, 0.717) is 11.1 Å². The summed E-state index contributed by atoms with van der Waals surface area (Å²) in [4.78, 5) is 25.6. The lowest BCUT2D eigenvalue weighted by molar-refractivity contribution is 0.0654. The monoisotopic (exact) mass is 365 g/mol. The fourth-order valence-corrected chi connectivity index (χ4v) is 4.76. The topological polar surface area (TPSA) is 95.6 Å². The third-order valence-electron chi connectivity index (χ3n) is 4.77. The second-order valence-electron chi connectivity index (χ2n) is 6.59. The summed E-state index contributed by atoms with van der Waals surface area (Å²) in [5.74, 6) is -0.809. The average Bonchev–Trinajstić information content (AvgIpc) is 2.82. The minimum absolute atomic E-state index is 0.0970. The maximum atomic E-state index is 12.3. The quantitative estimate of drug-likeness (QED) is 0.725. The number of rotatable bonds is 6. The smallest absolute Gasteiger partial charge is 0.261 e. The molecule has 2 atom stereocenters. The van der Waals surface area contributed by atoms with Crippen LogP contribution in [0.1, 0.15) is 46.9 Å². The van der Waals surface area contributed by atoms with Gasteiger partial charge in [0.2, 0.25) is 10.0 Å². The second kappa shape index (κ2) is 7.23. The zero-order chi connectivity index (χ0) is 18.0. The van der Waals surface area contributed by atoms with Crippen molar-refractivity contribution in [2.45, 2.75) is 38.3 Å². The summed E-state index contributed by atoms with van der Waals surface area (Å²) < 4.78 is 27.3. The lowest BCUT2D eigenvalue weighted by atomic mass is 10.0. The first kappa shape index (κ1) is 18.0. The molecule has 8 heteroatoms. The number of amides is 2. The van der Waals surface area contributed by atoms with Crippen LogP contribution in [0.3, 0.4) is 0 Å². The molecule has 2 N–H and O–H groups in total. The number of piperidine rings is 1. The van der Waals surface area contributed by atoms with Gasteiger partial charge in [0.25, 0.3) is 11.8 Å². The number of carbonyl (C=O) groups is 2. The van der Waals surface area contributed by atoms with E-state index in [-0.39, 0.29) is 42.6 Å². The van der Waals surface area contributed by atoms with E-state index in [4.69, 9.17) is 0 Å². The van der Waals surface area contributed by atoms with E-state index in [0.717, 1.165) is 24.3 Å². The predicted molar refractivity (Wildman–Crippen MR) is 93.8 cm³/mol. The largest absolute Gasteiger partial charge is 0.313 e. The van der Waals surface area contributed by atoms with Crippen LogP contribution in [-0.2, 0) is 10.0 Å². The minimum Gasteiger partial charge on any atom is -0.313 e. The standard InChI is InChI=1S/C17H23N3O4S/c1-12-15(8-4-9-18-12)19-25(23,24)11-5-10-20-16(21)13-6-2-3-7-14(13)17(20)22/h2-3,6-7,12,15,18-19H,4-5,8-11H2,1H3. The van der Waals surface area contributed by atoms with Crippen LogP contribution in [0.5, 0.6) is 0 Å². The summed E-state index contributed by atoms with van der Waals surface area (Å²) in [6, 6.07) is 6.64. The van der Waals surface area contributed by atoms with Gasteiger partial charge in [0.15, 0.2) is 0 Å². The van der Waals surface area contributed by atoms with Crippen LogP contribution in [0.4, 0.5) is 0 Å². The maximum absolute atomic E-state index is 12.3. The summed E-state index contributed by atoms with van der Waals surface area (Å²) in [5, 5.41) is 3.25. The number of hydrogen-bond acceptors (Lipinski definition) is 5. The summed E-state index contributed by atoms with van der Waals surface area (Å²) in [7, 11) is -3.45. The molecule has 3 rings (SSSR count). The van der Waals surface area contributed by atoms with Gasteiger partial charge in [-0.05, 0) is 44.9 Å². The van der Waals surface area contributed by atoms with Gasteiger partial charge in [-0.3, -0.25) is 14.5 Å². The van der Waals surface area contributed by atoms with Crippen molar-refractivity contribution >= 4 is 21.8 Å². The first-order valence-corrected chi connectivity index (χ1v) is 10.2. The number of benzene rings is 1. The zero-order valence-electron chi connectivity index (χ0n) is 14.2. The molecule has 0 radical (unpaired) electrons. The highest BCUT2D eigenvalue weighted by Crippen LogP contribution is 2.22. The summed E-state index contributed by atoms with van der Waals surface area (Å²) in [5.41, 5.74) is 0.770. The third kappa shape index (κ3) is 3.91. The molecule has 136 valence electrons. The van der Waals surface area contributed by atoms with Gasteiger partial charge in [-0.1, -0.05) is 12.1 Å². The number of sulfonamides is 1. The maximum Gasteiger partial charge on any atom is 0.261 e. The Labute approximate surface area is 147 Å². The molecule has 0 saturated carbocycles. The van der Waals surface area contributed by atoms with Crippen molar-refractivity contribution < 1.29 is 18.0 Å². The lowest BCUT2D eigenvalue weighted by Crippen LogP contribution is -2.52. The van der Waals surface area contributed by atoms with E-state index in [1.165, 1.54) is 0 Å². The molecule has 1 aromatic rings. The van der Waals surface area contributed by atoms with Crippen molar-refractivity contribution in [3.8, 4) is 0 Å². The number of carbonyl (C=O) groups excluding carboxylic acids is 2. The van der Waals surface area contributed by atoms with Crippen molar-refractivity contribution in [2.24, 2.45) is 0 Å². The summed E-state index contributed by atoms with van der Waals surface area (Å²) in [6.07, 6.45) is 1.97. The fourth-order valence-electron chi connectivity index (χ4n) is 3.35. The normalized spacial score (nSPS) is 23.8. The first-order chi connectivity index (χ1) is 11.9. The molecule has 2 aliphatic heterocycles. The SMILES string of the molecule is CC1NCCCC1NS(=O)(=O)CCCN1C(=O)c2ccccc2C1=O. The zero-order valence-corrected chi connectivity index (χ0v) is 15.0. The van der Waals surface area contributed by atoms with E-state index >= 15 is 0 Å². The Morgan fingerprint density at radius 3 is 2.44 bits per heavy atom. The van der Waals surface area contributed by atoms with Crippen molar-refractivity contribution in [2.75, 3.05) is 18.8 Å². The molecule has 2 unspecified atom stereocenters. The molecule has 1 aromatic carbocycles. The van der Waals surface area contributed by atoms with Gasteiger partial charge in [-0.2, -0.15) is 0 Å². The van der Waals surface area contributed by atoms with Gasteiger partial charge < -0.3 is 5.32 Å². The van der Waals surface area contributed by atoms with Gasteiger partial charge in [-0.25, -0.2) is 13.1 Å². The van der Waals surface area contributed by atoms with E-state index in [1.54, 1.807) is 24.3 Å². The molecule has 2 amide bonds. The summed E-state index contributed by atoms with van der Waals surface area (Å²) in [6.45, 7) is 2.97. The Morgan fingerprint density at radius 2 is 1.84 bits per heavy atom. The third-order valence-corrected chi connectivity index (χ3v) is 6.25. The Bertz CT molecular complexity index is 743. The highest BCUT2D eigenvalue weighted by atomic mass is 32.2. The molecule has 25 heavy (non-hydrogen) atoms. The van der Waals surface area contributed by atoms with Gasteiger partial charge in [0, 0.05) is 18.6 Å². The van der Waals surface area contributed by atoms with E-state index in [1.807, 2.05) is 6.92 Å². The van der Waals surface area contributed by atoms with Crippen LogP contribution in [0.25, 0.3) is 0 Å². The Balaban J connectivity index is 1.54. The van der Waals surface area contributed by atoms with Crippen molar-refractivity contribution in [3.05, 3.63) is 35.4 Å². The molecule has 0 bridgehead atoms. The lowest BCUT2D eigenvalue weighted by Gasteiger charge is -2.30. The van der Waals surface area contributed by atoms with Gasteiger partial charge in [-0.15, -0.1) is 0 Å². The molecule has 1 saturated heterocycles. The second-order valence-corrected chi connectivity index (χ2v) is 8.46. The molecule has 2 aliphatic rings. The number of fused-ring (bicyclic) bond motifs is 1. The molecular weight excluding hydrogens is 342 g/mol. The molecule has 0 aromatic heterocycles. The molecular formula is C17H23N3O4S. The van der Waals surface area contributed by atoms with Crippen LogP contribution in [0, 0.1) is 0 Å². The van der Waals surface area contributed by atoms with Crippen LogP contribution < -0.4 is 10.0 Å². The summed E-state index contributed by atoms with van der Waals surface area (Å²) >= 11 is 0. The van der Waals surface area contributed by atoms with E-state index in [9.17, 15) is 18.0 Å². The minimum atomic E-state index is -3.45. The Hall–Kier alpha value is -1.77. The van der Waals surface area contributed by atoms with Crippen molar-refractivity contribution in [3.63, 3.8) is 0 Å². The van der Waals surface area contributed by atoms with Crippen LogP contribution in [-0.4, -0.2) is 56.1 Å². The van der Waals surface area contributed by atoms with E-state index in [2.05, 4.69) is 10.0 Å². The number of nitrogens with zero attached hydrogens (tertiary/aromatic N) is 1. The van der Waals surface area contributed by atoms with Gasteiger partial charge in [0.1, 0.15) is 0 Å². The van der Waals surface area contributed by atoms with Crippen molar-refractivity contribution in [1.82, 2.24) is 14.9 Å². The average molecular weight is 365 g/mol. The number of hydrogen-bond donors (Lipinski definition) is 2. The molecule has 1 fully saturated rings. The molecule has 2 heterocycles. The van der Waals surface area contributed by atoms with Crippen LogP contribution in [0.2, 0.25) is 0 Å². The Kier molecular flexibility index (Phi) is 5.21. The van der Waals surface area contributed by atoms with Crippen LogP contribution >= 0.6 is 0 Å². The number of nitrogens with one attached hydrogen (secondary N) is 2. The predicted octanol–water partition coefficient (Wildman–Crippen LogP) is 0.733. The van der Waals surface area contributed by atoms with Crippen LogP contribution in [0.15, 0.2) is 24.3 Å². The highest BCUT2D eigenvalue weighted by Gasteiger charge is 2.35. The molecule has 0 spiro atoms.